The molecule has 0 aliphatic heterocycles. The Bertz CT molecular complexity index is 383. The first-order valence-corrected chi connectivity index (χ1v) is 8.01. The molecule has 100 valence electrons. The first-order valence-electron chi connectivity index (χ1n) is 7.22. The van der Waals surface area contributed by atoms with Crippen LogP contribution < -0.4 is 5.32 Å². The quantitative estimate of drug-likeness (QED) is 0.826. The average Bonchev–Trinajstić information content (AvgIpc) is 2.41. The van der Waals surface area contributed by atoms with Crippen LogP contribution in [0.1, 0.15) is 56.2 Å². The topological polar surface area (TPSA) is 12.0 Å². The van der Waals surface area contributed by atoms with E-state index in [9.17, 15) is 0 Å². The largest absolute Gasteiger partial charge is 0.310 e. The number of hydrogen-bond acceptors (Lipinski definition) is 1. The molecule has 2 rings (SSSR count). The lowest BCUT2D eigenvalue weighted by Crippen LogP contribution is -2.30. The Balaban J connectivity index is 2.25. The zero-order valence-electron chi connectivity index (χ0n) is 11.5. The Hall–Kier alpha value is -0.340. The fourth-order valence-electron chi connectivity index (χ4n) is 3.18. The lowest BCUT2D eigenvalue weighted by molar-refractivity contribution is 0.274. The van der Waals surface area contributed by atoms with E-state index in [1.807, 2.05) is 0 Å². The van der Waals surface area contributed by atoms with Gasteiger partial charge in [0.05, 0.1) is 0 Å². The maximum absolute atomic E-state index is 3.72. The molecule has 0 spiro atoms. The van der Waals surface area contributed by atoms with Gasteiger partial charge in [0.2, 0.25) is 0 Å². The summed E-state index contributed by atoms with van der Waals surface area (Å²) in [6.07, 6.45) is 6.99. The molecule has 1 atom stereocenters. The van der Waals surface area contributed by atoms with Crippen LogP contribution in [-0.2, 0) is 0 Å². The Kier molecular flexibility index (Phi) is 5.25. The van der Waals surface area contributed by atoms with Crippen molar-refractivity contribution in [1.82, 2.24) is 5.32 Å². The summed E-state index contributed by atoms with van der Waals surface area (Å²) in [6.45, 7) is 5.49. The summed E-state index contributed by atoms with van der Waals surface area (Å²) in [5.74, 6) is 0.812. The molecule has 0 radical (unpaired) electrons. The van der Waals surface area contributed by atoms with Crippen LogP contribution in [0, 0.1) is 12.8 Å². The molecule has 1 aromatic rings. The van der Waals surface area contributed by atoms with Crippen LogP contribution in [0.2, 0.25) is 0 Å². The standard InChI is InChI=1S/C16H24BrN/c1-3-18-16(13-8-5-4-6-9-13)14-10-7-11-15(17)12(14)2/h7,10-11,13,16,18H,3-6,8-9H2,1-2H3. The first-order chi connectivity index (χ1) is 8.74. The minimum Gasteiger partial charge on any atom is -0.310 e. The van der Waals surface area contributed by atoms with Gasteiger partial charge < -0.3 is 5.32 Å². The van der Waals surface area contributed by atoms with Gasteiger partial charge in [0, 0.05) is 10.5 Å². The number of rotatable bonds is 4. The third kappa shape index (κ3) is 3.16. The van der Waals surface area contributed by atoms with Gasteiger partial charge in [0.15, 0.2) is 0 Å². The predicted molar refractivity (Wildman–Crippen MR) is 81.9 cm³/mol. The molecule has 1 N–H and O–H groups in total. The van der Waals surface area contributed by atoms with E-state index in [4.69, 9.17) is 0 Å². The van der Waals surface area contributed by atoms with Crippen LogP contribution >= 0.6 is 15.9 Å². The molecule has 1 aliphatic carbocycles. The lowest BCUT2D eigenvalue weighted by atomic mass is 9.80. The molecule has 2 heteroatoms. The van der Waals surface area contributed by atoms with E-state index >= 15 is 0 Å². The summed E-state index contributed by atoms with van der Waals surface area (Å²) < 4.78 is 1.23. The Labute approximate surface area is 119 Å². The van der Waals surface area contributed by atoms with Crippen LogP contribution in [0.15, 0.2) is 22.7 Å². The molecule has 18 heavy (non-hydrogen) atoms. The van der Waals surface area contributed by atoms with Gasteiger partial charge in [-0.05, 0) is 49.4 Å². The van der Waals surface area contributed by atoms with Crippen molar-refractivity contribution in [3.63, 3.8) is 0 Å². The van der Waals surface area contributed by atoms with Gasteiger partial charge in [0.25, 0.3) is 0 Å². The van der Waals surface area contributed by atoms with Crippen molar-refractivity contribution in [1.29, 1.82) is 0 Å². The van der Waals surface area contributed by atoms with E-state index in [-0.39, 0.29) is 0 Å². The van der Waals surface area contributed by atoms with Gasteiger partial charge in [0.1, 0.15) is 0 Å². The smallest absolute Gasteiger partial charge is 0.0351 e. The van der Waals surface area contributed by atoms with Crippen molar-refractivity contribution in [3.8, 4) is 0 Å². The summed E-state index contributed by atoms with van der Waals surface area (Å²) in [7, 11) is 0. The van der Waals surface area contributed by atoms with Gasteiger partial charge in [-0.2, -0.15) is 0 Å². The van der Waals surface area contributed by atoms with Crippen molar-refractivity contribution < 1.29 is 0 Å². The highest BCUT2D eigenvalue weighted by Gasteiger charge is 2.25. The fourth-order valence-corrected chi connectivity index (χ4v) is 3.56. The molecule has 0 heterocycles. The average molecular weight is 310 g/mol. The van der Waals surface area contributed by atoms with Gasteiger partial charge in [-0.25, -0.2) is 0 Å². The third-order valence-electron chi connectivity index (χ3n) is 4.19. The highest BCUT2D eigenvalue weighted by atomic mass is 79.9. The molecule has 0 amide bonds. The summed E-state index contributed by atoms with van der Waals surface area (Å²) in [5.41, 5.74) is 2.88. The molecule has 1 nitrogen and oxygen atoms in total. The van der Waals surface area contributed by atoms with Crippen molar-refractivity contribution in [2.75, 3.05) is 6.54 Å². The summed E-state index contributed by atoms with van der Waals surface area (Å²) in [6, 6.07) is 7.14. The van der Waals surface area contributed by atoms with Crippen LogP contribution in [-0.4, -0.2) is 6.54 Å². The van der Waals surface area contributed by atoms with E-state index in [1.54, 1.807) is 0 Å². The van der Waals surface area contributed by atoms with E-state index in [1.165, 1.54) is 47.7 Å². The minimum absolute atomic E-state index is 0.535. The first kappa shape index (κ1) is 14.1. The summed E-state index contributed by atoms with van der Waals surface area (Å²) in [4.78, 5) is 0. The molecule has 0 saturated heterocycles. The normalized spacial score (nSPS) is 18.8. The monoisotopic (exact) mass is 309 g/mol. The zero-order valence-corrected chi connectivity index (χ0v) is 13.1. The maximum atomic E-state index is 3.72. The Morgan fingerprint density at radius 3 is 2.67 bits per heavy atom. The SMILES string of the molecule is CCNC(c1cccc(Br)c1C)C1CCCCC1. The molecule has 1 aromatic carbocycles. The Morgan fingerprint density at radius 1 is 1.28 bits per heavy atom. The summed E-state index contributed by atoms with van der Waals surface area (Å²) in [5, 5.41) is 3.72. The van der Waals surface area contributed by atoms with Gasteiger partial charge >= 0.3 is 0 Å². The molecule has 0 aromatic heterocycles. The minimum atomic E-state index is 0.535. The number of hydrogen-bond donors (Lipinski definition) is 1. The third-order valence-corrected chi connectivity index (χ3v) is 5.05. The van der Waals surface area contributed by atoms with Gasteiger partial charge in [-0.15, -0.1) is 0 Å². The lowest BCUT2D eigenvalue weighted by Gasteiger charge is -2.32. The van der Waals surface area contributed by atoms with Crippen LogP contribution in [0.4, 0.5) is 0 Å². The Morgan fingerprint density at radius 2 is 2.00 bits per heavy atom. The molecule has 1 unspecified atom stereocenters. The highest BCUT2D eigenvalue weighted by Crippen LogP contribution is 2.36. The van der Waals surface area contributed by atoms with Gasteiger partial charge in [-0.1, -0.05) is 54.2 Å². The molecular formula is C16H24BrN. The molecule has 1 fully saturated rings. The van der Waals surface area contributed by atoms with E-state index in [2.05, 4.69) is 53.3 Å². The molecule has 0 bridgehead atoms. The highest BCUT2D eigenvalue weighted by molar-refractivity contribution is 9.10. The second kappa shape index (κ2) is 6.72. The van der Waals surface area contributed by atoms with Crippen molar-refractivity contribution >= 4 is 15.9 Å². The van der Waals surface area contributed by atoms with E-state index < -0.39 is 0 Å². The predicted octanol–water partition coefficient (Wildman–Crippen LogP) is 4.99. The second-order valence-electron chi connectivity index (χ2n) is 5.39. The molecular weight excluding hydrogens is 286 g/mol. The second-order valence-corrected chi connectivity index (χ2v) is 6.24. The van der Waals surface area contributed by atoms with Crippen molar-refractivity contribution in [2.24, 2.45) is 5.92 Å². The maximum Gasteiger partial charge on any atom is 0.0351 e. The molecule has 1 aliphatic rings. The van der Waals surface area contributed by atoms with Crippen LogP contribution in [0.25, 0.3) is 0 Å². The van der Waals surface area contributed by atoms with Crippen molar-refractivity contribution in [3.05, 3.63) is 33.8 Å². The number of halogens is 1. The van der Waals surface area contributed by atoms with E-state index in [0.717, 1.165) is 12.5 Å². The number of benzene rings is 1. The van der Waals surface area contributed by atoms with Crippen LogP contribution in [0.5, 0.6) is 0 Å². The van der Waals surface area contributed by atoms with Crippen LogP contribution in [0.3, 0.4) is 0 Å². The zero-order chi connectivity index (χ0) is 13.0. The summed E-state index contributed by atoms with van der Waals surface area (Å²) >= 11 is 3.66. The molecule has 1 saturated carbocycles. The fraction of sp³-hybridized carbons (Fsp3) is 0.625. The number of nitrogens with one attached hydrogen (secondary N) is 1. The van der Waals surface area contributed by atoms with Crippen molar-refractivity contribution in [2.45, 2.75) is 52.0 Å². The van der Waals surface area contributed by atoms with Gasteiger partial charge in [-0.3, -0.25) is 0 Å². The van der Waals surface area contributed by atoms with E-state index in [0.29, 0.717) is 6.04 Å².